The lowest BCUT2D eigenvalue weighted by Gasteiger charge is -2.51. The third-order valence-electron chi connectivity index (χ3n) is 7.41. The van der Waals surface area contributed by atoms with Crippen LogP contribution in [0.3, 0.4) is 0 Å². The predicted octanol–water partition coefficient (Wildman–Crippen LogP) is 5.85. The zero-order valence-corrected chi connectivity index (χ0v) is 19.8. The molecule has 0 aliphatic heterocycles. The van der Waals surface area contributed by atoms with Crippen LogP contribution in [0.4, 0.5) is 18.9 Å². The van der Waals surface area contributed by atoms with Crippen LogP contribution in [-0.4, -0.2) is 18.8 Å². The number of amides is 1. The van der Waals surface area contributed by atoms with Crippen LogP contribution in [0.2, 0.25) is 0 Å². The van der Waals surface area contributed by atoms with Gasteiger partial charge in [-0.3, -0.25) is 9.59 Å². The number of nitrogens with one attached hydrogen (secondary N) is 1. The second-order valence-electron chi connectivity index (χ2n) is 9.83. The first-order chi connectivity index (χ1) is 16.3. The van der Waals surface area contributed by atoms with E-state index in [1.54, 1.807) is 18.2 Å². The molecule has 2 aliphatic carbocycles. The Hall–Kier alpha value is -3.60. The first-order valence-corrected chi connectivity index (χ1v) is 11.2. The number of ether oxygens (including phenoxy) is 1. The summed E-state index contributed by atoms with van der Waals surface area (Å²) in [6.07, 6.45) is -1.39. The number of benzene rings is 2. The molecule has 2 aromatic rings. The van der Waals surface area contributed by atoms with Gasteiger partial charge in [0.05, 0.1) is 23.8 Å². The van der Waals surface area contributed by atoms with Crippen molar-refractivity contribution in [1.82, 2.24) is 0 Å². The van der Waals surface area contributed by atoms with E-state index in [0.717, 1.165) is 23.3 Å². The van der Waals surface area contributed by atoms with Crippen LogP contribution >= 0.6 is 0 Å². The number of allylic oxidation sites excluding steroid dienone is 2. The minimum atomic E-state index is -4.46. The van der Waals surface area contributed by atoms with Crippen LogP contribution in [0.25, 0.3) is 0 Å². The maximum atomic E-state index is 13.1. The van der Waals surface area contributed by atoms with Crippen molar-refractivity contribution in [1.29, 1.82) is 5.26 Å². The van der Waals surface area contributed by atoms with E-state index in [9.17, 15) is 28.0 Å². The molecule has 2 atom stereocenters. The van der Waals surface area contributed by atoms with Crippen LogP contribution < -0.4 is 10.1 Å². The summed E-state index contributed by atoms with van der Waals surface area (Å²) in [6, 6.07) is 9.77. The van der Waals surface area contributed by atoms with Crippen molar-refractivity contribution in [2.24, 2.45) is 11.3 Å². The number of fused-ring (bicyclic) bond motifs is 3. The standard InChI is InChI=1S/C27H25F3N2O3/c1-25(2)22-10-5-15-11-19(24(34)32-18-8-6-17(7-9-18)27(28,29)30)21(35-4)12-20(15)26(22,3)13-16(14-31)23(25)33/h6-9,11-13,22H,5,10H2,1-4H3,(H,32,34)/t22-,26+/m0/s1. The Morgan fingerprint density at radius 1 is 1.17 bits per heavy atom. The third-order valence-corrected chi connectivity index (χ3v) is 7.41. The molecule has 5 nitrogen and oxygen atoms in total. The number of hydrogen-bond acceptors (Lipinski definition) is 4. The Balaban J connectivity index is 1.73. The van der Waals surface area contributed by atoms with Gasteiger partial charge in [0.2, 0.25) is 0 Å². The normalized spacial score (nSPS) is 22.9. The monoisotopic (exact) mass is 482 g/mol. The Bertz CT molecular complexity index is 1290. The average Bonchev–Trinajstić information content (AvgIpc) is 2.80. The van der Waals surface area contributed by atoms with Crippen molar-refractivity contribution in [3.05, 3.63) is 70.3 Å². The molecular formula is C27H25F3N2O3. The SMILES string of the molecule is COc1cc2c(cc1C(=O)Nc1ccc(C(F)(F)F)cc1)CC[C@H]1C(C)(C)C(=O)C(C#N)=C[C@]21C. The molecule has 0 radical (unpaired) electrons. The van der Waals surface area contributed by atoms with E-state index in [1.807, 2.05) is 26.8 Å². The smallest absolute Gasteiger partial charge is 0.416 e. The summed E-state index contributed by atoms with van der Waals surface area (Å²) in [5, 5.41) is 12.2. The molecule has 2 aliphatic rings. The number of carbonyl (C=O) groups excluding carboxylic acids is 2. The van der Waals surface area contributed by atoms with Crippen molar-refractivity contribution >= 4 is 17.4 Å². The number of rotatable bonds is 3. The van der Waals surface area contributed by atoms with Gasteiger partial charge < -0.3 is 10.1 Å². The number of Topliss-reactive ketones (excluding diaryl/α,β-unsaturated/α-hetero) is 1. The van der Waals surface area contributed by atoms with E-state index < -0.39 is 28.5 Å². The van der Waals surface area contributed by atoms with Crippen LogP contribution in [0.1, 0.15) is 54.2 Å². The number of halogens is 3. The maximum Gasteiger partial charge on any atom is 0.416 e. The largest absolute Gasteiger partial charge is 0.496 e. The molecule has 0 aromatic heterocycles. The number of aryl methyl sites for hydroxylation is 1. The summed E-state index contributed by atoms with van der Waals surface area (Å²) in [4.78, 5) is 25.9. The van der Waals surface area contributed by atoms with Gasteiger partial charge in [-0.05, 0) is 66.3 Å². The van der Waals surface area contributed by atoms with Crippen LogP contribution in [0.15, 0.2) is 48.0 Å². The lowest BCUT2D eigenvalue weighted by molar-refractivity contribution is -0.137. The van der Waals surface area contributed by atoms with E-state index >= 15 is 0 Å². The summed E-state index contributed by atoms with van der Waals surface area (Å²) < 4.78 is 44.0. The second kappa shape index (κ2) is 8.26. The Morgan fingerprint density at radius 3 is 2.40 bits per heavy atom. The predicted molar refractivity (Wildman–Crippen MR) is 124 cm³/mol. The van der Waals surface area contributed by atoms with Crippen LogP contribution in [0.5, 0.6) is 5.75 Å². The van der Waals surface area contributed by atoms with Crippen molar-refractivity contribution < 1.29 is 27.5 Å². The molecule has 0 unspecified atom stereocenters. The van der Waals surface area contributed by atoms with Gasteiger partial charge in [-0.15, -0.1) is 0 Å². The molecule has 4 rings (SSSR count). The fraction of sp³-hybridized carbons (Fsp3) is 0.370. The van der Waals surface area contributed by atoms with Gasteiger partial charge in [0.25, 0.3) is 5.91 Å². The van der Waals surface area contributed by atoms with E-state index in [0.29, 0.717) is 18.6 Å². The van der Waals surface area contributed by atoms with Crippen molar-refractivity contribution in [3.63, 3.8) is 0 Å². The third kappa shape index (κ3) is 3.99. The van der Waals surface area contributed by atoms with Crippen molar-refractivity contribution in [2.75, 3.05) is 12.4 Å². The number of carbonyl (C=O) groups is 2. The van der Waals surface area contributed by atoms with E-state index in [2.05, 4.69) is 5.32 Å². The van der Waals surface area contributed by atoms with Gasteiger partial charge in [0.1, 0.15) is 11.8 Å². The molecule has 8 heteroatoms. The molecule has 35 heavy (non-hydrogen) atoms. The molecule has 0 fully saturated rings. The molecule has 1 N–H and O–H groups in total. The lowest BCUT2D eigenvalue weighted by Crippen LogP contribution is -2.51. The first-order valence-electron chi connectivity index (χ1n) is 11.2. The summed E-state index contributed by atoms with van der Waals surface area (Å²) in [6.45, 7) is 5.75. The highest BCUT2D eigenvalue weighted by Crippen LogP contribution is 2.55. The number of alkyl halides is 3. The van der Waals surface area contributed by atoms with Gasteiger partial charge in [0.15, 0.2) is 5.78 Å². The highest BCUT2D eigenvalue weighted by atomic mass is 19.4. The van der Waals surface area contributed by atoms with E-state index in [-0.39, 0.29) is 28.5 Å². The fourth-order valence-electron chi connectivity index (χ4n) is 5.65. The molecule has 0 saturated carbocycles. The Morgan fingerprint density at radius 2 is 1.83 bits per heavy atom. The molecule has 0 bridgehead atoms. The zero-order valence-electron chi connectivity index (χ0n) is 19.8. The lowest BCUT2D eigenvalue weighted by atomic mass is 9.51. The minimum absolute atomic E-state index is 0.0383. The van der Waals surface area contributed by atoms with E-state index in [4.69, 9.17) is 4.74 Å². The van der Waals surface area contributed by atoms with Gasteiger partial charge >= 0.3 is 6.18 Å². The van der Waals surface area contributed by atoms with Crippen molar-refractivity contribution in [2.45, 2.75) is 45.2 Å². The zero-order chi connectivity index (χ0) is 25.8. The molecule has 0 spiro atoms. The van der Waals surface area contributed by atoms with Crippen LogP contribution in [0, 0.1) is 22.7 Å². The number of nitriles is 1. The number of methoxy groups -OCH3 is 1. The quantitative estimate of drug-likeness (QED) is 0.596. The van der Waals surface area contributed by atoms with Crippen molar-refractivity contribution in [3.8, 4) is 11.8 Å². The van der Waals surface area contributed by atoms with Crippen LogP contribution in [-0.2, 0) is 22.8 Å². The van der Waals surface area contributed by atoms with Gasteiger partial charge in [-0.1, -0.05) is 26.8 Å². The summed E-state index contributed by atoms with van der Waals surface area (Å²) in [7, 11) is 1.43. The molecule has 1 amide bonds. The Kier molecular flexibility index (Phi) is 5.79. The first kappa shape index (κ1) is 24.5. The molecular weight excluding hydrogens is 457 g/mol. The minimum Gasteiger partial charge on any atom is -0.496 e. The summed E-state index contributed by atoms with van der Waals surface area (Å²) in [5.41, 5.74) is 0.274. The molecule has 0 saturated heterocycles. The number of ketones is 1. The molecule has 182 valence electrons. The van der Waals surface area contributed by atoms with Gasteiger partial charge in [-0.25, -0.2) is 0 Å². The Labute approximate surface area is 201 Å². The summed E-state index contributed by atoms with van der Waals surface area (Å²) >= 11 is 0. The second-order valence-corrected chi connectivity index (χ2v) is 9.83. The number of anilines is 1. The maximum absolute atomic E-state index is 13.1. The fourth-order valence-corrected chi connectivity index (χ4v) is 5.65. The molecule has 2 aromatic carbocycles. The van der Waals surface area contributed by atoms with Gasteiger partial charge in [0, 0.05) is 16.5 Å². The number of hydrogen-bond donors (Lipinski definition) is 1. The highest BCUT2D eigenvalue weighted by molar-refractivity contribution is 6.07. The van der Waals surface area contributed by atoms with Gasteiger partial charge in [-0.2, -0.15) is 18.4 Å². The van der Waals surface area contributed by atoms with E-state index in [1.165, 1.54) is 19.2 Å². The molecule has 0 heterocycles. The summed E-state index contributed by atoms with van der Waals surface area (Å²) in [5.74, 6) is -0.408. The average molecular weight is 483 g/mol. The topological polar surface area (TPSA) is 79.2 Å². The highest BCUT2D eigenvalue weighted by Gasteiger charge is 2.54. The number of nitrogens with zero attached hydrogens (tertiary/aromatic N) is 1.